The summed E-state index contributed by atoms with van der Waals surface area (Å²) >= 11 is 0. The highest BCUT2D eigenvalue weighted by atomic mass is 19.2. The molecule has 0 radical (unpaired) electrons. The third kappa shape index (κ3) is 1.95. The molecule has 17 heavy (non-hydrogen) atoms. The van der Waals surface area contributed by atoms with Crippen LogP contribution in [0.1, 0.15) is 30.1 Å². The summed E-state index contributed by atoms with van der Waals surface area (Å²) in [7, 11) is 0. The van der Waals surface area contributed by atoms with Crippen LogP contribution in [0.4, 0.5) is 13.2 Å². The van der Waals surface area contributed by atoms with Crippen LogP contribution >= 0.6 is 0 Å². The van der Waals surface area contributed by atoms with Crippen molar-refractivity contribution >= 4 is 5.78 Å². The Morgan fingerprint density at radius 1 is 1.29 bits per heavy atom. The molecule has 1 fully saturated rings. The van der Waals surface area contributed by atoms with Crippen molar-refractivity contribution in [2.24, 2.45) is 0 Å². The van der Waals surface area contributed by atoms with Gasteiger partial charge in [-0.05, 0) is 31.9 Å². The van der Waals surface area contributed by atoms with E-state index in [2.05, 4.69) is 0 Å². The van der Waals surface area contributed by atoms with E-state index in [0.29, 0.717) is 19.4 Å². The lowest BCUT2D eigenvalue weighted by Gasteiger charge is -2.21. The van der Waals surface area contributed by atoms with Crippen LogP contribution in [0.2, 0.25) is 0 Å². The van der Waals surface area contributed by atoms with Crippen LogP contribution in [0.15, 0.2) is 12.1 Å². The summed E-state index contributed by atoms with van der Waals surface area (Å²) < 4.78 is 44.5. The summed E-state index contributed by atoms with van der Waals surface area (Å²) in [5.41, 5.74) is -1.60. The maximum atomic E-state index is 13.4. The minimum atomic E-state index is -1.63. The fraction of sp³-hybridized carbons (Fsp3) is 0.417. The van der Waals surface area contributed by atoms with E-state index in [9.17, 15) is 18.0 Å². The van der Waals surface area contributed by atoms with Crippen LogP contribution in [0.25, 0.3) is 0 Å². The van der Waals surface area contributed by atoms with Crippen molar-refractivity contribution in [2.45, 2.75) is 25.4 Å². The average molecular weight is 244 g/mol. The molecule has 0 saturated carbocycles. The number of carbonyl (C=O) groups is 1. The Bertz CT molecular complexity index is 465. The molecule has 0 bridgehead atoms. The first-order valence-electron chi connectivity index (χ1n) is 5.28. The zero-order valence-corrected chi connectivity index (χ0v) is 9.23. The molecule has 1 saturated heterocycles. The Balaban J connectivity index is 2.41. The van der Waals surface area contributed by atoms with Crippen LogP contribution in [-0.4, -0.2) is 18.0 Å². The summed E-state index contributed by atoms with van der Waals surface area (Å²) in [5, 5.41) is 0. The average Bonchev–Trinajstić information content (AvgIpc) is 2.74. The number of hydrogen-bond donors (Lipinski definition) is 0. The fourth-order valence-electron chi connectivity index (χ4n) is 1.94. The van der Waals surface area contributed by atoms with Gasteiger partial charge in [0.1, 0.15) is 5.60 Å². The number of ketones is 1. The Kier molecular flexibility index (Phi) is 2.95. The van der Waals surface area contributed by atoms with Crippen molar-refractivity contribution < 1.29 is 22.7 Å². The molecule has 92 valence electrons. The van der Waals surface area contributed by atoms with Crippen LogP contribution in [0, 0.1) is 17.5 Å². The van der Waals surface area contributed by atoms with Gasteiger partial charge in [0.2, 0.25) is 0 Å². The molecular weight excluding hydrogens is 233 g/mol. The number of benzene rings is 1. The van der Waals surface area contributed by atoms with Crippen molar-refractivity contribution in [3.05, 3.63) is 35.1 Å². The van der Waals surface area contributed by atoms with E-state index >= 15 is 0 Å². The highest BCUT2D eigenvalue weighted by Gasteiger charge is 2.39. The van der Waals surface area contributed by atoms with E-state index in [-0.39, 0.29) is 0 Å². The van der Waals surface area contributed by atoms with Gasteiger partial charge < -0.3 is 4.74 Å². The topological polar surface area (TPSA) is 26.3 Å². The first kappa shape index (κ1) is 12.1. The number of halogens is 3. The molecule has 2 rings (SSSR count). The third-order valence-electron chi connectivity index (χ3n) is 2.98. The van der Waals surface area contributed by atoms with Crippen molar-refractivity contribution in [3.63, 3.8) is 0 Å². The molecule has 0 aliphatic carbocycles. The maximum Gasteiger partial charge on any atom is 0.197 e. The van der Waals surface area contributed by atoms with Gasteiger partial charge in [-0.1, -0.05) is 0 Å². The zero-order chi connectivity index (χ0) is 12.6. The maximum absolute atomic E-state index is 13.4. The molecule has 0 aromatic heterocycles. The quantitative estimate of drug-likeness (QED) is 0.590. The van der Waals surface area contributed by atoms with Crippen molar-refractivity contribution in [1.29, 1.82) is 0 Å². The number of carbonyl (C=O) groups excluding carboxylic acids is 1. The monoisotopic (exact) mass is 244 g/mol. The summed E-state index contributed by atoms with van der Waals surface area (Å²) in [4.78, 5) is 12.0. The van der Waals surface area contributed by atoms with Gasteiger partial charge in [-0.3, -0.25) is 4.79 Å². The molecule has 0 spiro atoms. The normalized spacial score (nSPS) is 24.0. The van der Waals surface area contributed by atoms with E-state index in [1.165, 1.54) is 6.92 Å². The van der Waals surface area contributed by atoms with Gasteiger partial charge in [-0.15, -0.1) is 0 Å². The second-order valence-corrected chi connectivity index (χ2v) is 4.23. The van der Waals surface area contributed by atoms with Gasteiger partial charge >= 0.3 is 0 Å². The first-order chi connectivity index (χ1) is 7.96. The van der Waals surface area contributed by atoms with Crippen LogP contribution in [0.3, 0.4) is 0 Å². The number of rotatable bonds is 2. The summed E-state index contributed by atoms with van der Waals surface area (Å²) in [6, 6.07) is 1.69. The molecule has 2 nitrogen and oxygen atoms in total. The van der Waals surface area contributed by atoms with Gasteiger partial charge in [0, 0.05) is 6.61 Å². The highest BCUT2D eigenvalue weighted by molar-refractivity contribution is 6.02. The van der Waals surface area contributed by atoms with Gasteiger partial charge in [-0.25, -0.2) is 13.2 Å². The minimum Gasteiger partial charge on any atom is -0.367 e. The number of hydrogen-bond acceptors (Lipinski definition) is 2. The van der Waals surface area contributed by atoms with E-state index in [0.717, 1.165) is 12.1 Å². The van der Waals surface area contributed by atoms with Crippen LogP contribution < -0.4 is 0 Å². The fourth-order valence-corrected chi connectivity index (χ4v) is 1.94. The lowest BCUT2D eigenvalue weighted by atomic mass is 9.91. The smallest absolute Gasteiger partial charge is 0.197 e. The summed E-state index contributed by atoms with van der Waals surface area (Å²) in [6.45, 7) is 1.94. The lowest BCUT2D eigenvalue weighted by Crippen LogP contribution is -2.35. The molecule has 1 aromatic rings. The Labute approximate surface area is 96.4 Å². The lowest BCUT2D eigenvalue weighted by molar-refractivity contribution is 0.0209. The van der Waals surface area contributed by atoms with E-state index in [1.54, 1.807) is 0 Å². The minimum absolute atomic E-state index is 0.410. The Morgan fingerprint density at radius 3 is 2.59 bits per heavy atom. The summed E-state index contributed by atoms with van der Waals surface area (Å²) in [5.74, 6) is -5.04. The Hall–Kier alpha value is -1.36. The number of Topliss-reactive ketones (excluding diaryl/α,β-unsaturated/α-hetero) is 1. The predicted molar refractivity (Wildman–Crippen MR) is 54.2 cm³/mol. The Morgan fingerprint density at radius 2 is 2.00 bits per heavy atom. The van der Waals surface area contributed by atoms with Gasteiger partial charge in [0.15, 0.2) is 23.2 Å². The van der Waals surface area contributed by atoms with Gasteiger partial charge in [0.25, 0.3) is 0 Å². The SMILES string of the molecule is CC1(C(=O)c2ccc(F)c(F)c2F)CCCO1. The first-order valence-corrected chi connectivity index (χ1v) is 5.28. The molecule has 0 amide bonds. The van der Waals surface area contributed by atoms with Crippen molar-refractivity contribution in [3.8, 4) is 0 Å². The zero-order valence-electron chi connectivity index (χ0n) is 9.23. The third-order valence-corrected chi connectivity index (χ3v) is 2.98. The standard InChI is InChI=1S/C12H11F3O2/c1-12(5-2-6-17-12)11(16)7-3-4-8(13)10(15)9(7)14/h3-4H,2,5-6H2,1H3. The van der Waals surface area contributed by atoms with Crippen molar-refractivity contribution in [2.75, 3.05) is 6.61 Å². The highest BCUT2D eigenvalue weighted by Crippen LogP contribution is 2.30. The molecule has 1 atom stereocenters. The van der Waals surface area contributed by atoms with Crippen LogP contribution in [-0.2, 0) is 4.74 Å². The van der Waals surface area contributed by atoms with Gasteiger partial charge in [0.05, 0.1) is 5.56 Å². The number of ether oxygens (including phenoxy) is 1. The van der Waals surface area contributed by atoms with Crippen LogP contribution in [0.5, 0.6) is 0 Å². The van der Waals surface area contributed by atoms with E-state index in [4.69, 9.17) is 4.74 Å². The van der Waals surface area contributed by atoms with E-state index in [1.807, 2.05) is 0 Å². The molecule has 1 heterocycles. The van der Waals surface area contributed by atoms with E-state index < -0.39 is 34.4 Å². The van der Waals surface area contributed by atoms with Crippen molar-refractivity contribution in [1.82, 2.24) is 0 Å². The molecule has 0 N–H and O–H groups in total. The largest absolute Gasteiger partial charge is 0.367 e. The molecule has 1 aliphatic heterocycles. The second kappa shape index (κ2) is 4.14. The predicted octanol–water partition coefficient (Wildman–Crippen LogP) is 2.86. The molecule has 1 unspecified atom stereocenters. The molecule has 5 heteroatoms. The summed E-state index contributed by atoms with van der Waals surface area (Å²) in [6.07, 6.45) is 1.14. The molecule has 1 aromatic carbocycles. The molecular formula is C12H11F3O2. The molecule has 1 aliphatic rings. The van der Waals surface area contributed by atoms with Gasteiger partial charge in [-0.2, -0.15) is 0 Å². The second-order valence-electron chi connectivity index (χ2n) is 4.23.